The highest BCUT2D eigenvalue weighted by molar-refractivity contribution is 7.09. The SMILES string of the molecule is CCCN(CCCc1nc(CCl)cs1)CC(=O)N(C)C. The van der Waals surface area contributed by atoms with Gasteiger partial charge in [-0.2, -0.15) is 0 Å². The Balaban J connectivity index is 2.36. The fraction of sp³-hybridized carbons (Fsp3) is 0.714. The second kappa shape index (κ2) is 9.32. The average molecular weight is 318 g/mol. The fourth-order valence-corrected chi connectivity index (χ4v) is 2.97. The molecule has 0 aromatic carbocycles. The van der Waals surface area contributed by atoms with E-state index in [2.05, 4.69) is 16.8 Å². The Kier molecular flexibility index (Phi) is 8.11. The molecule has 1 rings (SSSR count). The Morgan fingerprint density at radius 1 is 1.40 bits per heavy atom. The number of thiazole rings is 1. The van der Waals surface area contributed by atoms with Crippen molar-refractivity contribution in [3.63, 3.8) is 0 Å². The molecule has 0 aliphatic carbocycles. The molecule has 1 aromatic heterocycles. The molecule has 0 aliphatic heterocycles. The summed E-state index contributed by atoms with van der Waals surface area (Å²) in [6.45, 7) is 4.54. The number of rotatable bonds is 9. The molecule has 1 heterocycles. The van der Waals surface area contributed by atoms with Gasteiger partial charge in [0, 0.05) is 25.9 Å². The van der Waals surface area contributed by atoms with Gasteiger partial charge in [0.25, 0.3) is 0 Å². The molecule has 0 saturated carbocycles. The average Bonchev–Trinajstić information content (AvgIpc) is 2.86. The molecule has 0 bridgehead atoms. The van der Waals surface area contributed by atoms with Crippen LogP contribution in [0.5, 0.6) is 0 Å². The maximum absolute atomic E-state index is 11.8. The molecule has 0 atom stereocenters. The third-order valence-corrected chi connectivity index (χ3v) is 4.23. The van der Waals surface area contributed by atoms with Gasteiger partial charge in [-0.3, -0.25) is 9.69 Å². The van der Waals surface area contributed by atoms with Crippen LogP contribution in [0.4, 0.5) is 0 Å². The highest BCUT2D eigenvalue weighted by Crippen LogP contribution is 2.13. The van der Waals surface area contributed by atoms with E-state index >= 15 is 0 Å². The molecule has 114 valence electrons. The van der Waals surface area contributed by atoms with Crippen molar-refractivity contribution in [1.82, 2.24) is 14.8 Å². The molecule has 1 amide bonds. The second-order valence-electron chi connectivity index (χ2n) is 5.03. The van der Waals surface area contributed by atoms with Crippen LogP contribution in [0.2, 0.25) is 0 Å². The molecular weight excluding hydrogens is 294 g/mol. The van der Waals surface area contributed by atoms with Crippen LogP contribution in [-0.2, 0) is 17.1 Å². The van der Waals surface area contributed by atoms with E-state index in [1.54, 1.807) is 30.3 Å². The summed E-state index contributed by atoms with van der Waals surface area (Å²) < 4.78 is 0. The first-order chi connectivity index (χ1) is 9.56. The third-order valence-electron chi connectivity index (χ3n) is 3.00. The Bertz CT molecular complexity index is 409. The first-order valence-electron chi connectivity index (χ1n) is 6.98. The van der Waals surface area contributed by atoms with E-state index in [9.17, 15) is 4.79 Å². The van der Waals surface area contributed by atoms with E-state index < -0.39 is 0 Å². The number of halogens is 1. The highest BCUT2D eigenvalue weighted by Gasteiger charge is 2.11. The summed E-state index contributed by atoms with van der Waals surface area (Å²) in [4.78, 5) is 20.1. The Labute approximate surface area is 130 Å². The van der Waals surface area contributed by atoms with E-state index in [1.807, 2.05) is 5.38 Å². The molecular formula is C14H24ClN3OS. The van der Waals surface area contributed by atoms with Gasteiger partial charge in [0.15, 0.2) is 0 Å². The monoisotopic (exact) mass is 317 g/mol. The summed E-state index contributed by atoms with van der Waals surface area (Å²) in [6.07, 6.45) is 3.04. The molecule has 0 unspecified atom stereocenters. The standard InChI is InChI=1S/C14H24ClN3OS/c1-4-7-18(10-14(19)17(2)3)8-5-6-13-16-12(9-15)11-20-13/h11H,4-10H2,1-3H3. The normalized spacial score (nSPS) is 11.1. The van der Waals surface area contributed by atoms with Crippen LogP contribution in [-0.4, -0.2) is 54.4 Å². The van der Waals surface area contributed by atoms with Gasteiger partial charge in [0.05, 0.1) is 23.1 Å². The minimum Gasteiger partial charge on any atom is -0.348 e. The van der Waals surface area contributed by atoms with Crippen molar-refractivity contribution in [2.75, 3.05) is 33.7 Å². The van der Waals surface area contributed by atoms with Crippen molar-refractivity contribution in [3.05, 3.63) is 16.1 Å². The highest BCUT2D eigenvalue weighted by atomic mass is 35.5. The maximum Gasteiger partial charge on any atom is 0.236 e. The van der Waals surface area contributed by atoms with E-state index in [1.165, 1.54) is 0 Å². The number of hydrogen-bond donors (Lipinski definition) is 0. The van der Waals surface area contributed by atoms with Crippen LogP contribution < -0.4 is 0 Å². The van der Waals surface area contributed by atoms with Crippen molar-refractivity contribution in [2.45, 2.75) is 32.1 Å². The predicted octanol–water partition coefficient (Wildman–Crippen LogP) is 2.61. The van der Waals surface area contributed by atoms with Crippen LogP contribution in [0.25, 0.3) is 0 Å². The zero-order valence-electron chi connectivity index (χ0n) is 12.6. The second-order valence-corrected chi connectivity index (χ2v) is 6.24. The minimum atomic E-state index is 0.164. The summed E-state index contributed by atoms with van der Waals surface area (Å²) in [6, 6.07) is 0. The van der Waals surface area contributed by atoms with E-state index in [-0.39, 0.29) is 5.91 Å². The number of carbonyl (C=O) groups excluding carboxylic acids is 1. The van der Waals surface area contributed by atoms with Crippen LogP contribution >= 0.6 is 22.9 Å². The molecule has 0 N–H and O–H groups in total. The van der Waals surface area contributed by atoms with Crippen LogP contribution in [0, 0.1) is 0 Å². The van der Waals surface area contributed by atoms with Gasteiger partial charge in [-0.25, -0.2) is 4.98 Å². The number of nitrogens with zero attached hydrogens (tertiary/aromatic N) is 3. The van der Waals surface area contributed by atoms with Crippen molar-refractivity contribution in [2.24, 2.45) is 0 Å². The lowest BCUT2D eigenvalue weighted by Gasteiger charge is -2.22. The lowest BCUT2D eigenvalue weighted by atomic mass is 10.2. The number of aryl methyl sites for hydroxylation is 1. The first-order valence-corrected chi connectivity index (χ1v) is 8.40. The van der Waals surface area contributed by atoms with Gasteiger partial charge in [0.2, 0.25) is 5.91 Å². The van der Waals surface area contributed by atoms with Crippen molar-refractivity contribution >= 4 is 28.8 Å². The van der Waals surface area contributed by atoms with Crippen LogP contribution in [0.3, 0.4) is 0 Å². The molecule has 0 radical (unpaired) electrons. The lowest BCUT2D eigenvalue weighted by molar-refractivity contribution is -0.129. The van der Waals surface area contributed by atoms with Crippen molar-refractivity contribution in [1.29, 1.82) is 0 Å². The fourth-order valence-electron chi connectivity index (χ4n) is 1.90. The largest absolute Gasteiger partial charge is 0.348 e. The quantitative estimate of drug-likeness (QED) is 0.657. The van der Waals surface area contributed by atoms with Gasteiger partial charge in [-0.15, -0.1) is 22.9 Å². The molecule has 1 aromatic rings. The summed E-state index contributed by atoms with van der Waals surface area (Å²) in [5.41, 5.74) is 0.958. The number of aromatic nitrogens is 1. The topological polar surface area (TPSA) is 36.4 Å². The number of amides is 1. The smallest absolute Gasteiger partial charge is 0.236 e. The summed E-state index contributed by atoms with van der Waals surface area (Å²) in [7, 11) is 3.60. The number of likely N-dealkylation sites (N-methyl/N-ethyl adjacent to an activating group) is 1. The van der Waals surface area contributed by atoms with Gasteiger partial charge >= 0.3 is 0 Å². The molecule has 0 aliphatic rings. The van der Waals surface area contributed by atoms with Gasteiger partial charge < -0.3 is 4.90 Å². The van der Waals surface area contributed by atoms with Gasteiger partial charge in [-0.1, -0.05) is 6.92 Å². The summed E-state index contributed by atoms with van der Waals surface area (Å²) in [5.74, 6) is 0.646. The minimum absolute atomic E-state index is 0.164. The van der Waals surface area contributed by atoms with E-state index in [4.69, 9.17) is 11.6 Å². The molecule has 0 saturated heterocycles. The zero-order valence-corrected chi connectivity index (χ0v) is 14.1. The molecule has 0 fully saturated rings. The van der Waals surface area contributed by atoms with E-state index in [0.717, 1.165) is 43.1 Å². The van der Waals surface area contributed by atoms with Crippen molar-refractivity contribution < 1.29 is 4.79 Å². The van der Waals surface area contributed by atoms with Crippen LogP contribution in [0.1, 0.15) is 30.5 Å². The molecule has 4 nitrogen and oxygen atoms in total. The zero-order chi connectivity index (χ0) is 15.0. The Morgan fingerprint density at radius 3 is 2.70 bits per heavy atom. The van der Waals surface area contributed by atoms with E-state index in [0.29, 0.717) is 12.4 Å². The van der Waals surface area contributed by atoms with Crippen LogP contribution in [0.15, 0.2) is 5.38 Å². The predicted molar refractivity (Wildman–Crippen MR) is 85.4 cm³/mol. The Morgan fingerprint density at radius 2 is 2.15 bits per heavy atom. The van der Waals surface area contributed by atoms with Gasteiger partial charge in [0.1, 0.15) is 0 Å². The molecule has 20 heavy (non-hydrogen) atoms. The molecule has 0 spiro atoms. The third kappa shape index (κ3) is 6.20. The molecule has 6 heteroatoms. The van der Waals surface area contributed by atoms with Gasteiger partial charge in [-0.05, 0) is 25.9 Å². The summed E-state index contributed by atoms with van der Waals surface area (Å²) >= 11 is 7.42. The first kappa shape index (κ1) is 17.4. The maximum atomic E-state index is 11.8. The lowest BCUT2D eigenvalue weighted by Crippen LogP contribution is -2.37. The van der Waals surface area contributed by atoms with Crippen molar-refractivity contribution in [3.8, 4) is 0 Å². The number of carbonyl (C=O) groups is 1. The number of alkyl halides is 1. The Hall–Kier alpha value is -0.650. The number of hydrogen-bond acceptors (Lipinski definition) is 4. The summed E-state index contributed by atoms with van der Waals surface area (Å²) in [5, 5.41) is 3.15.